The first-order valence-corrected chi connectivity index (χ1v) is 10.7. The first-order chi connectivity index (χ1) is 15.9. The number of hydrogen-bond donors (Lipinski definition) is 0. The number of benzene rings is 3. The molecule has 2 aromatic heterocycles. The standard InChI is InChI=1S/C27H24N2O4/c1-16-13-23(30)29(15-17-9-11-18(32-3)12-10-17)25-21(16)14-22-19-7-5-6-8-20(19)27(31)28(2)24(22)26(25)33-4/h5-14H,15H2,1-4H3. The summed E-state index contributed by atoms with van der Waals surface area (Å²) in [6, 6.07) is 18.9. The third-order valence-electron chi connectivity index (χ3n) is 6.32. The van der Waals surface area contributed by atoms with Crippen molar-refractivity contribution in [2.45, 2.75) is 13.5 Å². The molecule has 166 valence electrons. The van der Waals surface area contributed by atoms with E-state index < -0.39 is 0 Å². The summed E-state index contributed by atoms with van der Waals surface area (Å²) in [6.07, 6.45) is 0. The number of aromatic nitrogens is 2. The Bertz CT molecular complexity index is 1660. The van der Waals surface area contributed by atoms with Gasteiger partial charge in [0.2, 0.25) is 0 Å². The highest BCUT2D eigenvalue weighted by atomic mass is 16.5. The van der Waals surface area contributed by atoms with Gasteiger partial charge >= 0.3 is 0 Å². The molecule has 0 amide bonds. The Kier molecular flexibility index (Phi) is 4.93. The van der Waals surface area contributed by atoms with E-state index >= 15 is 0 Å². The summed E-state index contributed by atoms with van der Waals surface area (Å²) in [5, 5.41) is 3.34. The molecule has 33 heavy (non-hydrogen) atoms. The molecule has 0 fully saturated rings. The Hall–Kier alpha value is -4.06. The molecule has 0 N–H and O–H groups in total. The fourth-order valence-corrected chi connectivity index (χ4v) is 4.65. The van der Waals surface area contributed by atoms with Gasteiger partial charge in [-0.3, -0.25) is 9.59 Å². The highest BCUT2D eigenvalue weighted by molar-refractivity contribution is 6.14. The molecular weight excluding hydrogens is 416 g/mol. The number of nitrogens with zero attached hydrogens (tertiary/aromatic N) is 2. The smallest absolute Gasteiger partial charge is 0.258 e. The molecule has 0 radical (unpaired) electrons. The normalized spacial score (nSPS) is 11.4. The van der Waals surface area contributed by atoms with Gasteiger partial charge in [0.25, 0.3) is 11.1 Å². The van der Waals surface area contributed by atoms with Gasteiger partial charge in [0.1, 0.15) is 5.75 Å². The van der Waals surface area contributed by atoms with Gasteiger partial charge in [-0.15, -0.1) is 0 Å². The Labute approximate surface area is 190 Å². The van der Waals surface area contributed by atoms with Crippen molar-refractivity contribution in [3.63, 3.8) is 0 Å². The molecule has 0 atom stereocenters. The molecule has 0 aliphatic heterocycles. The van der Waals surface area contributed by atoms with E-state index in [0.29, 0.717) is 28.7 Å². The Morgan fingerprint density at radius 3 is 2.15 bits per heavy atom. The van der Waals surface area contributed by atoms with E-state index in [1.54, 1.807) is 36.5 Å². The van der Waals surface area contributed by atoms with Gasteiger partial charge in [-0.1, -0.05) is 30.3 Å². The number of aryl methyl sites for hydroxylation is 2. The molecule has 0 aliphatic rings. The molecule has 5 aromatic rings. The van der Waals surface area contributed by atoms with Crippen LogP contribution in [0.5, 0.6) is 11.5 Å². The van der Waals surface area contributed by atoms with Crippen molar-refractivity contribution in [2.75, 3.05) is 14.2 Å². The van der Waals surface area contributed by atoms with Crippen LogP contribution in [-0.4, -0.2) is 23.4 Å². The molecule has 5 rings (SSSR count). The van der Waals surface area contributed by atoms with E-state index in [1.807, 2.05) is 55.5 Å². The zero-order valence-electron chi connectivity index (χ0n) is 19.0. The van der Waals surface area contributed by atoms with Gasteiger partial charge in [-0.05, 0) is 47.7 Å². The molecule has 6 heteroatoms. The van der Waals surface area contributed by atoms with Crippen LogP contribution in [0.3, 0.4) is 0 Å². The Morgan fingerprint density at radius 2 is 1.48 bits per heavy atom. The summed E-state index contributed by atoms with van der Waals surface area (Å²) in [4.78, 5) is 26.3. The van der Waals surface area contributed by atoms with Crippen LogP contribution in [0.4, 0.5) is 0 Å². The van der Waals surface area contributed by atoms with Crippen molar-refractivity contribution in [3.05, 3.63) is 92.5 Å². The lowest BCUT2D eigenvalue weighted by atomic mass is 10.0. The molecule has 0 unspecified atom stereocenters. The van der Waals surface area contributed by atoms with Crippen LogP contribution < -0.4 is 20.6 Å². The minimum Gasteiger partial charge on any atom is -0.497 e. The average Bonchev–Trinajstić information content (AvgIpc) is 2.84. The van der Waals surface area contributed by atoms with Crippen LogP contribution in [0.1, 0.15) is 11.1 Å². The molecule has 0 bridgehead atoms. The van der Waals surface area contributed by atoms with Crippen LogP contribution in [0, 0.1) is 6.92 Å². The molecule has 0 saturated carbocycles. The zero-order valence-corrected chi connectivity index (χ0v) is 19.0. The van der Waals surface area contributed by atoms with Gasteiger partial charge in [-0.2, -0.15) is 0 Å². The molecule has 0 saturated heterocycles. The predicted octanol–water partition coefficient (Wildman–Crippen LogP) is 4.38. The molecule has 3 aromatic carbocycles. The Balaban J connectivity index is 1.92. The number of pyridine rings is 2. The maximum absolute atomic E-state index is 13.2. The van der Waals surface area contributed by atoms with Gasteiger partial charge in [0.05, 0.1) is 31.8 Å². The first kappa shape index (κ1) is 20.8. The van der Waals surface area contributed by atoms with Crippen LogP contribution in [0.25, 0.3) is 32.6 Å². The molecule has 0 aliphatic carbocycles. The highest BCUT2D eigenvalue weighted by Gasteiger charge is 2.20. The number of methoxy groups -OCH3 is 2. The lowest BCUT2D eigenvalue weighted by molar-refractivity contribution is 0.414. The fraction of sp³-hybridized carbons (Fsp3) is 0.185. The van der Waals surface area contributed by atoms with E-state index in [-0.39, 0.29) is 11.1 Å². The second kappa shape index (κ2) is 7.81. The van der Waals surface area contributed by atoms with E-state index in [1.165, 1.54) is 0 Å². The minimum absolute atomic E-state index is 0.104. The van der Waals surface area contributed by atoms with E-state index in [9.17, 15) is 9.59 Å². The summed E-state index contributed by atoms with van der Waals surface area (Å²) in [7, 11) is 4.95. The summed E-state index contributed by atoms with van der Waals surface area (Å²) < 4.78 is 14.5. The molecule has 0 spiro atoms. The number of hydrogen-bond acceptors (Lipinski definition) is 4. The topological polar surface area (TPSA) is 62.5 Å². The minimum atomic E-state index is -0.126. The van der Waals surface area contributed by atoms with Crippen molar-refractivity contribution in [1.82, 2.24) is 9.13 Å². The lowest BCUT2D eigenvalue weighted by Gasteiger charge is -2.19. The second-order valence-corrected chi connectivity index (χ2v) is 8.21. The van der Waals surface area contributed by atoms with Gasteiger partial charge in [0, 0.05) is 29.3 Å². The zero-order chi connectivity index (χ0) is 23.3. The number of rotatable bonds is 4. The monoisotopic (exact) mass is 440 g/mol. The van der Waals surface area contributed by atoms with Gasteiger partial charge in [0.15, 0.2) is 5.75 Å². The molecular formula is C27H24N2O4. The summed E-state index contributed by atoms with van der Waals surface area (Å²) >= 11 is 0. The van der Waals surface area contributed by atoms with Gasteiger partial charge < -0.3 is 18.6 Å². The average molecular weight is 440 g/mol. The van der Waals surface area contributed by atoms with Crippen LogP contribution >= 0.6 is 0 Å². The third-order valence-corrected chi connectivity index (χ3v) is 6.32. The number of fused-ring (bicyclic) bond motifs is 4. The van der Waals surface area contributed by atoms with Crippen molar-refractivity contribution in [3.8, 4) is 11.5 Å². The van der Waals surface area contributed by atoms with Crippen LogP contribution in [0.2, 0.25) is 0 Å². The SMILES string of the molecule is COc1ccc(Cn2c(=O)cc(C)c3cc4c5ccccc5c(=O)n(C)c4c(OC)c32)cc1. The first-order valence-electron chi connectivity index (χ1n) is 10.7. The van der Waals surface area contributed by atoms with E-state index in [0.717, 1.165) is 33.0 Å². The van der Waals surface area contributed by atoms with E-state index in [2.05, 4.69) is 6.07 Å². The Morgan fingerprint density at radius 1 is 0.788 bits per heavy atom. The highest BCUT2D eigenvalue weighted by Crippen LogP contribution is 2.37. The van der Waals surface area contributed by atoms with Crippen LogP contribution in [0.15, 0.2) is 70.3 Å². The van der Waals surface area contributed by atoms with Crippen LogP contribution in [-0.2, 0) is 13.6 Å². The predicted molar refractivity (Wildman–Crippen MR) is 132 cm³/mol. The van der Waals surface area contributed by atoms with Crippen molar-refractivity contribution in [1.29, 1.82) is 0 Å². The lowest BCUT2D eigenvalue weighted by Crippen LogP contribution is -2.23. The van der Waals surface area contributed by atoms with Crippen molar-refractivity contribution >= 4 is 32.6 Å². The quantitative estimate of drug-likeness (QED) is 0.307. The summed E-state index contributed by atoms with van der Waals surface area (Å²) in [6.45, 7) is 2.29. The maximum atomic E-state index is 13.2. The number of ether oxygens (including phenoxy) is 2. The molecule has 2 heterocycles. The van der Waals surface area contributed by atoms with Crippen molar-refractivity contribution < 1.29 is 9.47 Å². The second-order valence-electron chi connectivity index (χ2n) is 8.21. The largest absolute Gasteiger partial charge is 0.497 e. The van der Waals surface area contributed by atoms with E-state index in [4.69, 9.17) is 9.47 Å². The van der Waals surface area contributed by atoms with Gasteiger partial charge in [-0.25, -0.2) is 0 Å². The summed E-state index contributed by atoms with van der Waals surface area (Å²) in [5.41, 5.74) is 2.93. The van der Waals surface area contributed by atoms with Crippen molar-refractivity contribution in [2.24, 2.45) is 7.05 Å². The maximum Gasteiger partial charge on any atom is 0.258 e. The summed E-state index contributed by atoms with van der Waals surface area (Å²) in [5.74, 6) is 1.27. The fourth-order valence-electron chi connectivity index (χ4n) is 4.65. The third kappa shape index (κ3) is 3.18. The molecule has 6 nitrogen and oxygen atoms in total.